The van der Waals surface area contributed by atoms with Crippen molar-refractivity contribution in [1.29, 1.82) is 0 Å². The molecule has 0 saturated heterocycles. The van der Waals surface area contributed by atoms with Crippen LogP contribution in [0.1, 0.15) is 5.56 Å². The van der Waals surface area contributed by atoms with Crippen LogP contribution < -0.4 is 5.32 Å². The zero-order chi connectivity index (χ0) is 15.8. The highest BCUT2D eigenvalue weighted by atomic mass is 16.3. The average Bonchev–Trinajstić information content (AvgIpc) is 3.07. The van der Waals surface area contributed by atoms with Crippen molar-refractivity contribution in [1.82, 2.24) is 25.0 Å². The van der Waals surface area contributed by atoms with E-state index in [0.29, 0.717) is 18.9 Å². The number of urea groups is 1. The first kappa shape index (κ1) is 15.7. The molecule has 22 heavy (non-hydrogen) atoms. The van der Waals surface area contributed by atoms with Crippen LogP contribution in [-0.4, -0.2) is 50.5 Å². The molecule has 7 nitrogen and oxygen atoms in total. The summed E-state index contributed by atoms with van der Waals surface area (Å²) in [6, 6.07) is 5.26. The Morgan fingerprint density at radius 2 is 2.36 bits per heavy atom. The highest BCUT2D eigenvalue weighted by Crippen LogP contribution is 2.06. The van der Waals surface area contributed by atoms with E-state index in [4.69, 9.17) is 5.11 Å². The van der Waals surface area contributed by atoms with E-state index in [2.05, 4.69) is 22.0 Å². The summed E-state index contributed by atoms with van der Waals surface area (Å²) in [7, 11) is 0. The maximum absolute atomic E-state index is 12.0. The number of pyridine rings is 1. The lowest BCUT2D eigenvalue weighted by atomic mass is 10.2. The molecule has 2 aromatic rings. The van der Waals surface area contributed by atoms with Crippen LogP contribution in [0.25, 0.3) is 5.82 Å². The van der Waals surface area contributed by atoms with E-state index < -0.39 is 0 Å². The first-order chi connectivity index (χ1) is 10.7. The third-order valence-electron chi connectivity index (χ3n) is 3.00. The van der Waals surface area contributed by atoms with Crippen molar-refractivity contribution in [3.8, 4) is 5.82 Å². The molecule has 2 aromatic heterocycles. The molecule has 116 valence electrons. The van der Waals surface area contributed by atoms with Gasteiger partial charge in [0.05, 0.1) is 6.61 Å². The van der Waals surface area contributed by atoms with Gasteiger partial charge in [0.1, 0.15) is 0 Å². The van der Waals surface area contributed by atoms with Crippen LogP contribution in [0.2, 0.25) is 0 Å². The Bertz CT molecular complexity index is 612. The van der Waals surface area contributed by atoms with Gasteiger partial charge in [0.15, 0.2) is 5.82 Å². The fraction of sp³-hybridized carbons (Fsp3) is 0.267. The lowest BCUT2D eigenvalue weighted by Crippen LogP contribution is -2.41. The van der Waals surface area contributed by atoms with Crippen LogP contribution in [0.5, 0.6) is 0 Å². The lowest BCUT2D eigenvalue weighted by Gasteiger charge is -2.20. The number of hydrogen-bond acceptors (Lipinski definition) is 4. The Balaban J connectivity index is 1.97. The molecular formula is C15H19N5O2. The number of aliphatic hydroxyl groups excluding tert-OH is 1. The average molecular weight is 301 g/mol. The third kappa shape index (κ3) is 4.16. The summed E-state index contributed by atoms with van der Waals surface area (Å²) >= 11 is 0. The van der Waals surface area contributed by atoms with Gasteiger partial charge in [0, 0.05) is 38.2 Å². The molecule has 2 amide bonds. The van der Waals surface area contributed by atoms with Gasteiger partial charge in [0.2, 0.25) is 0 Å². The van der Waals surface area contributed by atoms with Gasteiger partial charge < -0.3 is 15.3 Å². The van der Waals surface area contributed by atoms with Gasteiger partial charge in [-0.05, 0) is 23.8 Å². The number of nitrogens with one attached hydrogen (secondary N) is 1. The fourth-order valence-electron chi connectivity index (χ4n) is 1.94. The van der Waals surface area contributed by atoms with E-state index in [-0.39, 0.29) is 19.2 Å². The van der Waals surface area contributed by atoms with Crippen LogP contribution >= 0.6 is 0 Å². The predicted octanol–water partition coefficient (Wildman–Crippen LogP) is 0.957. The Labute approximate surface area is 128 Å². The molecular weight excluding hydrogens is 282 g/mol. The van der Waals surface area contributed by atoms with Crippen molar-refractivity contribution in [3.63, 3.8) is 0 Å². The number of aliphatic hydroxyl groups is 1. The highest BCUT2D eigenvalue weighted by molar-refractivity contribution is 5.74. The van der Waals surface area contributed by atoms with Crippen LogP contribution in [0.4, 0.5) is 4.79 Å². The fourth-order valence-corrected chi connectivity index (χ4v) is 1.94. The van der Waals surface area contributed by atoms with Crippen molar-refractivity contribution in [2.45, 2.75) is 6.54 Å². The van der Waals surface area contributed by atoms with E-state index in [1.54, 1.807) is 29.3 Å². The number of carbonyl (C=O) groups excluding carboxylic acids is 1. The SMILES string of the molecule is C=CCN(CCO)C(=O)NCc1ccnc(-n2cccn2)c1. The molecule has 0 radical (unpaired) electrons. The zero-order valence-corrected chi connectivity index (χ0v) is 12.2. The Kier molecular flexibility index (Phi) is 5.67. The quantitative estimate of drug-likeness (QED) is 0.746. The number of hydrogen-bond donors (Lipinski definition) is 2. The second kappa shape index (κ2) is 7.94. The van der Waals surface area contributed by atoms with Crippen LogP contribution in [0.15, 0.2) is 49.4 Å². The van der Waals surface area contributed by atoms with Gasteiger partial charge >= 0.3 is 6.03 Å². The van der Waals surface area contributed by atoms with Crippen molar-refractivity contribution in [2.75, 3.05) is 19.7 Å². The minimum Gasteiger partial charge on any atom is -0.395 e. The van der Waals surface area contributed by atoms with Crippen LogP contribution in [-0.2, 0) is 6.54 Å². The van der Waals surface area contributed by atoms with Crippen molar-refractivity contribution in [3.05, 3.63) is 55.0 Å². The Hall–Kier alpha value is -2.67. The molecule has 2 N–H and O–H groups in total. The minimum absolute atomic E-state index is 0.0834. The monoisotopic (exact) mass is 301 g/mol. The first-order valence-corrected chi connectivity index (χ1v) is 6.94. The van der Waals surface area contributed by atoms with Gasteiger partial charge in [-0.1, -0.05) is 6.08 Å². The summed E-state index contributed by atoms with van der Waals surface area (Å²) in [5, 5.41) is 15.9. The normalized spacial score (nSPS) is 10.2. The van der Waals surface area contributed by atoms with E-state index in [0.717, 1.165) is 5.56 Å². The second-order valence-corrected chi connectivity index (χ2v) is 4.59. The molecule has 0 atom stereocenters. The molecule has 0 aliphatic heterocycles. The topological polar surface area (TPSA) is 83.3 Å². The maximum Gasteiger partial charge on any atom is 0.318 e. The molecule has 0 fully saturated rings. The second-order valence-electron chi connectivity index (χ2n) is 4.59. The molecule has 2 rings (SSSR count). The molecule has 0 unspecified atom stereocenters. The smallest absolute Gasteiger partial charge is 0.318 e. The zero-order valence-electron chi connectivity index (χ0n) is 12.2. The molecule has 0 aromatic carbocycles. The Morgan fingerprint density at radius 3 is 3.05 bits per heavy atom. The number of amides is 2. The molecule has 0 saturated carbocycles. The largest absolute Gasteiger partial charge is 0.395 e. The number of carbonyl (C=O) groups is 1. The van der Waals surface area contributed by atoms with Crippen LogP contribution in [0.3, 0.4) is 0 Å². The molecule has 0 spiro atoms. The van der Waals surface area contributed by atoms with E-state index in [9.17, 15) is 4.79 Å². The maximum atomic E-state index is 12.0. The molecule has 2 heterocycles. The lowest BCUT2D eigenvalue weighted by molar-refractivity contribution is 0.183. The van der Waals surface area contributed by atoms with Crippen LogP contribution in [0, 0.1) is 0 Å². The van der Waals surface area contributed by atoms with E-state index in [1.807, 2.05) is 18.2 Å². The van der Waals surface area contributed by atoms with Gasteiger partial charge in [-0.2, -0.15) is 5.10 Å². The van der Waals surface area contributed by atoms with Gasteiger partial charge in [0.25, 0.3) is 0 Å². The van der Waals surface area contributed by atoms with E-state index in [1.165, 1.54) is 4.90 Å². The van der Waals surface area contributed by atoms with Crippen molar-refractivity contribution >= 4 is 6.03 Å². The third-order valence-corrected chi connectivity index (χ3v) is 3.00. The summed E-state index contributed by atoms with van der Waals surface area (Å²) in [5.74, 6) is 0.690. The molecule has 7 heteroatoms. The van der Waals surface area contributed by atoms with Gasteiger partial charge in [-0.3, -0.25) is 0 Å². The Morgan fingerprint density at radius 1 is 1.50 bits per heavy atom. The van der Waals surface area contributed by atoms with Crippen molar-refractivity contribution < 1.29 is 9.90 Å². The van der Waals surface area contributed by atoms with Gasteiger partial charge in [-0.15, -0.1) is 6.58 Å². The minimum atomic E-state index is -0.244. The van der Waals surface area contributed by atoms with E-state index >= 15 is 0 Å². The summed E-state index contributed by atoms with van der Waals surface area (Å²) in [5.41, 5.74) is 0.913. The molecule has 0 aliphatic rings. The summed E-state index contributed by atoms with van der Waals surface area (Å²) in [6.07, 6.45) is 6.78. The highest BCUT2D eigenvalue weighted by Gasteiger charge is 2.10. The van der Waals surface area contributed by atoms with Gasteiger partial charge in [-0.25, -0.2) is 14.5 Å². The van der Waals surface area contributed by atoms with Crippen molar-refractivity contribution in [2.24, 2.45) is 0 Å². The molecule has 0 bridgehead atoms. The standard InChI is InChI=1S/C15H19N5O2/c1-2-7-19(9-10-21)15(22)17-12-13-4-6-16-14(11-13)20-8-3-5-18-20/h2-6,8,11,21H,1,7,9-10,12H2,(H,17,22). The number of nitrogens with zero attached hydrogens (tertiary/aromatic N) is 4. The summed E-state index contributed by atoms with van der Waals surface area (Å²) in [4.78, 5) is 17.8. The first-order valence-electron chi connectivity index (χ1n) is 6.94. The number of rotatable bonds is 7. The molecule has 0 aliphatic carbocycles. The number of aromatic nitrogens is 3. The summed E-state index contributed by atoms with van der Waals surface area (Å²) < 4.78 is 1.65. The predicted molar refractivity (Wildman–Crippen MR) is 82.5 cm³/mol. The summed E-state index contributed by atoms with van der Waals surface area (Å²) in [6.45, 7) is 4.55.